The molecule has 1 aromatic heterocycles. The van der Waals surface area contributed by atoms with Crippen molar-refractivity contribution in [2.75, 3.05) is 5.32 Å². The maximum Gasteiger partial charge on any atom is 0.434 e. The molecular weight excluding hydrogens is 331 g/mol. The van der Waals surface area contributed by atoms with Crippen molar-refractivity contribution < 1.29 is 41.8 Å². The number of alkyl halides is 5. The largest absolute Gasteiger partial charge is 0.478 e. The number of rotatable bonds is 5. The Hall–Kier alpha value is -2.46. The predicted octanol–water partition coefficient (Wildman–Crippen LogP) is 3.25. The lowest BCUT2D eigenvalue weighted by atomic mass is 10.0. The van der Waals surface area contributed by atoms with Crippen molar-refractivity contribution in [3.8, 4) is 0 Å². The molecule has 3 N–H and O–H groups in total. The van der Waals surface area contributed by atoms with Gasteiger partial charge in [0.1, 0.15) is 16.8 Å². The van der Waals surface area contributed by atoms with Crippen LogP contribution in [-0.4, -0.2) is 33.2 Å². The van der Waals surface area contributed by atoms with E-state index in [1.165, 1.54) is 13.8 Å². The fourth-order valence-corrected chi connectivity index (χ4v) is 1.82. The van der Waals surface area contributed by atoms with Crippen LogP contribution in [0.5, 0.6) is 0 Å². The van der Waals surface area contributed by atoms with Crippen LogP contribution < -0.4 is 5.32 Å². The van der Waals surface area contributed by atoms with Crippen LogP contribution in [0.1, 0.15) is 52.4 Å². The highest BCUT2D eigenvalue weighted by Gasteiger charge is 2.42. The van der Waals surface area contributed by atoms with Gasteiger partial charge >= 0.3 is 18.1 Å². The van der Waals surface area contributed by atoms with Gasteiger partial charge in [-0.25, -0.2) is 23.4 Å². The number of nitrogens with zero attached hydrogens (tertiary/aromatic N) is 1. The summed E-state index contributed by atoms with van der Waals surface area (Å²) in [6.07, 6.45) is -9.00. The van der Waals surface area contributed by atoms with Gasteiger partial charge in [0.15, 0.2) is 5.69 Å². The summed E-state index contributed by atoms with van der Waals surface area (Å²) in [5, 5.41) is 20.2. The summed E-state index contributed by atoms with van der Waals surface area (Å²) in [5.74, 6) is -4.16. The molecule has 23 heavy (non-hydrogen) atoms. The lowest BCUT2D eigenvalue weighted by molar-refractivity contribution is -0.142. The molecule has 6 nitrogen and oxygen atoms in total. The summed E-state index contributed by atoms with van der Waals surface area (Å²) in [4.78, 5) is 24.9. The number of carboxylic acid groups (broad SMARTS) is 2. The number of nitrogens with one attached hydrogen (secondary N) is 1. The van der Waals surface area contributed by atoms with E-state index in [1.807, 2.05) is 0 Å². The average molecular weight is 342 g/mol. The molecule has 0 aliphatic rings. The minimum atomic E-state index is -5.36. The molecule has 0 fully saturated rings. The third-order valence-corrected chi connectivity index (χ3v) is 2.56. The Morgan fingerprint density at radius 1 is 1.09 bits per heavy atom. The summed E-state index contributed by atoms with van der Waals surface area (Å²) in [6.45, 7) is 2.74. The molecule has 11 heteroatoms. The second-order valence-electron chi connectivity index (χ2n) is 4.68. The van der Waals surface area contributed by atoms with Crippen molar-refractivity contribution >= 4 is 17.6 Å². The van der Waals surface area contributed by atoms with Crippen molar-refractivity contribution in [2.45, 2.75) is 32.5 Å². The fraction of sp³-hybridized carbons (Fsp3) is 0.417. The third-order valence-electron chi connectivity index (χ3n) is 2.56. The number of pyridine rings is 1. The average Bonchev–Trinajstić information content (AvgIpc) is 2.34. The van der Waals surface area contributed by atoms with Crippen LogP contribution >= 0.6 is 0 Å². The van der Waals surface area contributed by atoms with E-state index in [0.717, 1.165) is 0 Å². The summed E-state index contributed by atoms with van der Waals surface area (Å²) in [6, 6.07) is -0.722. The summed E-state index contributed by atoms with van der Waals surface area (Å²) >= 11 is 0. The molecule has 0 aromatic carbocycles. The number of hydrogen-bond donors (Lipinski definition) is 3. The van der Waals surface area contributed by atoms with E-state index in [4.69, 9.17) is 10.2 Å². The predicted molar refractivity (Wildman–Crippen MR) is 66.9 cm³/mol. The van der Waals surface area contributed by atoms with E-state index in [-0.39, 0.29) is 0 Å². The van der Waals surface area contributed by atoms with Crippen LogP contribution in [0.2, 0.25) is 0 Å². The number of carboxylic acids is 2. The van der Waals surface area contributed by atoms with Gasteiger partial charge in [0, 0.05) is 6.04 Å². The lowest BCUT2D eigenvalue weighted by Gasteiger charge is -2.21. The topological polar surface area (TPSA) is 99.5 Å². The third kappa shape index (κ3) is 3.85. The highest BCUT2D eigenvalue weighted by atomic mass is 19.4. The first-order chi connectivity index (χ1) is 10.4. The Labute approximate surface area is 125 Å². The molecule has 128 valence electrons. The zero-order valence-corrected chi connectivity index (χ0v) is 11.7. The molecule has 0 spiro atoms. The van der Waals surface area contributed by atoms with E-state index in [0.29, 0.717) is 0 Å². The van der Waals surface area contributed by atoms with Gasteiger partial charge in [-0.05, 0) is 13.8 Å². The van der Waals surface area contributed by atoms with Crippen LogP contribution in [0.4, 0.5) is 27.6 Å². The number of aromatic carboxylic acids is 2. The molecule has 0 saturated carbocycles. The fourth-order valence-electron chi connectivity index (χ4n) is 1.82. The van der Waals surface area contributed by atoms with Crippen LogP contribution in [0.15, 0.2) is 0 Å². The molecule has 0 aliphatic heterocycles. The Balaban J connectivity index is 4.00. The first kappa shape index (κ1) is 18.6. The van der Waals surface area contributed by atoms with Gasteiger partial charge in [-0.2, -0.15) is 13.2 Å². The van der Waals surface area contributed by atoms with Crippen LogP contribution in [0.25, 0.3) is 0 Å². The molecule has 0 atom stereocenters. The highest BCUT2D eigenvalue weighted by molar-refractivity contribution is 6.04. The Morgan fingerprint density at radius 2 is 1.57 bits per heavy atom. The number of carbonyl (C=O) groups is 2. The first-order valence-corrected chi connectivity index (χ1v) is 6.04. The SMILES string of the molecule is CC(C)Nc1c(C(=O)O)c(C(F)F)nc(C(F)(F)F)c1C(=O)O. The molecule has 1 heterocycles. The number of halogens is 5. The number of hydrogen-bond acceptors (Lipinski definition) is 4. The van der Waals surface area contributed by atoms with Crippen molar-refractivity contribution in [3.63, 3.8) is 0 Å². The van der Waals surface area contributed by atoms with E-state index < -0.39 is 58.8 Å². The van der Waals surface area contributed by atoms with Gasteiger partial charge in [-0.3, -0.25) is 0 Å². The number of anilines is 1. The molecule has 0 aliphatic carbocycles. The Kier molecular flexibility index (Phi) is 5.13. The minimum absolute atomic E-state index is 0.722. The highest BCUT2D eigenvalue weighted by Crippen LogP contribution is 2.39. The van der Waals surface area contributed by atoms with Crippen LogP contribution in [0.3, 0.4) is 0 Å². The summed E-state index contributed by atoms with van der Waals surface area (Å²) in [7, 11) is 0. The molecule has 0 bridgehead atoms. The smallest absolute Gasteiger partial charge is 0.434 e. The van der Waals surface area contributed by atoms with Crippen molar-refractivity contribution in [2.24, 2.45) is 0 Å². The maximum atomic E-state index is 13.0. The Bertz CT molecular complexity index is 643. The monoisotopic (exact) mass is 342 g/mol. The van der Waals surface area contributed by atoms with E-state index in [2.05, 4.69) is 10.3 Å². The van der Waals surface area contributed by atoms with Gasteiger partial charge in [0.2, 0.25) is 0 Å². The maximum absolute atomic E-state index is 13.0. The molecule has 0 radical (unpaired) electrons. The minimum Gasteiger partial charge on any atom is -0.478 e. The van der Waals surface area contributed by atoms with Crippen LogP contribution in [0, 0.1) is 0 Å². The zero-order chi connectivity index (χ0) is 18.1. The van der Waals surface area contributed by atoms with Gasteiger partial charge in [0.05, 0.1) is 5.69 Å². The van der Waals surface area contributed by atoms with E-state index in [9.17, 15) is 31.5 Å². The normalized spacial score (nSPS) is 11.9. The molecule has 0 unspecified atom stereocenters. The quantitative estimate of drug-likeness (QED) is 0.711. The van der Waals surface area contributed by atoms with Gasteiger partial charge in [0.25, 0.3) is 6.43 Å². The van der Waals surface area contributed by atoms with Gasteiger partial charge in [-0.15, -0.1) is 0 Å². The lowest BCUT2D eigenvalue weighted by Crippen LogP contribution is -2.25. The van der Waals surface area contributed by atoms with E-state index in [1.54, 1.807) is 0 Å². The second-order valence-corrected chi connectivity index (χ2v) is 4.68. The standard InChI is InChI=1S/C12H11F5N2O4/c1-3(2)18-6-4(10(20)21)7(9(13)14)19-8(12(15,16)17)5(6)11(22)23/h3,9H,1-2H3,(H,18,19)(H,20,21)(H,22,23). The Morgan fingerprint density at radius 3 is 1.87 bits per heavy atom. The van der Waals surface area contributed by atoms with Crippen molar-refractivity contribution in [1.29, 1.82) is 0 Å². The first-order valence-electron chi connectivity index (χ1n) is 6.04. The van der Waals surface area contributed by atoms with Gasteiger partial charge in [-0.1, -0.05) is 0 Å². The van der Waals surface area contributed by atoms with Crippen molar-refractivity contribution in [1.82, 2.24) is 4.98 Å². The molecule has 0 saturated heterocycles. The number of aromatic nitrogens is 1. The summed E-state index contributed by atoms with van der Waals surface area (Å²) in [5.41, 5.74) is -7.63. The van der Waals surface area contributed by atoms with E-state index >= 15 is 0 Å². The molecule has 1 aromatic rings. The zero-order valence-electron chi connectivity index (χ0n) is 11.7. The van der Waals surface area contributed by atoms with Crippen molar-refractivity contribution in [3.05, 3.63) is 22.5 Å². The van der Waals surface area contributed by atoms with Gasteiger partial charge < -0.3 is 15.5 Å². The molecule has 0 amide bonds. The second kappa shape index (κ2) is 6.34. The summed E-state index contributed by atoms with van der Waals surface area (Å²) < 4.78 is 64.7. The molecule has 1 rings (SSSR count). The molecular formula is C12H11F5N2O4. The van der Waals surface area contributed by atoms with Crippen LogP contribution in [-0.2, 0) is 6.18 Å².